The fourth-order valence-electron chi connectivity index (χ4n) is 4.10. The zero-order valence-corrected chi connectivity index (χ0v) is 17.4. The Morgan fingerprint density at radius 1 is 0.969 bits per heavy atom. The van der Waals surface area contributed by atoms with Gasteiger partial charge in [-0.05, 0) is 48.0 Å². The first-order valence-electron chi connectivity index (χ1n) is 10.4. The molecule has 1 aliphatic rings. The van der Waals surface area contributed by atoms with Crippen LogP contribution in [0, 0.1) is 0 Å². The highest BCUT2D eigenvalue weighted by Gasteiger charge is 2.29. The Morgan fingerprint density at radius 3 is 2.38 bits per heavy atom. The van der Waals surface area contributed by atoms with Crippen LogP contribution in [0.3, 0.4) is 0 Å². The normalized spacial score (nSPS) is 14.9. The molecule has 1 amide bonds. The molecule has 3 aromatic carbocycles. The van der Waals surface area contributed by atoms with Gasteiger partial charge < -0.3 is 21.5 Å². The molecule has 0 saturated carbocycles. The Labute approximate surface area is 185 Å². The van der Waals surface area contributed by atoms with Crippen LogP contribution in [0.2, 0.25) is 0 Å². The van der Waals surface area contributed by atoms with Crippen molar-refractivity contribution in [3.05, 3.63) is 90.0 Å². The summed E-state index contributed by atoms with van der Waals surface area (Å²) < 4.78 is 7.67. The number of hydrogen-bond donors (Lipinski definition) is 3. The first-order valence-corrected chi connectivity index (χ1v) is 10.4. The maximum Gasteiger partial charge on any atom is 0.254 e. The number of nitrogen functional groups attached to an aromatic ring is 1. The Bertz CT molecular complexity index is 1270. The Balaban J connectivity index is 1.45. The largest absolute Gasteiger partial charge is 0.457 e. The molecule has 0 fully saturated rings. The summed E-state index contributed by atoms with van der Waals surface area (Å²) >= 11 is 0. The van der Waals surface area contributed by atoms with Crippen molar-refractivity contribution in [1.82, 2.24) is 9.78 Å². The van der Waals surface area contributed by atoms with E-state index in [1.165, 1.54) is 0 Å². The molecule has 2 heterocycles. The minimum absolute atomic E-state index is 0.138. The number of hydrogen-bond acceptors (Lipinski definition) is 5. The van der Waals surface area contributed by atoms with Crippen LogP contribution < -0.4 is 21.5 Å². The summed E-state index contributed by atoms with van der Waals surface area (Å²) in [5.41, 5.74) is 15.5. The number of rotatable bonds is 5. The van der Waals surface area contributed by atoms with Crippen molar-refractivity contribution in [3.63, 3.8) is 0 Å². The van der Waals surface area contributed by atoms with E-state index in [4.69, 9.17) is 21.3 Å². The van der Waals surface area contributed by atoms with E-state index in [-0.39, 0.29) is 5.92 Å². The average Bonchev–Trinajstić information content (AvgIpc) is 3.20. The van der Waals surface area contributed by atoms with E-state index in [0.29, 0.717) is 35.9 Å². The number of para-hydroxylation sites is 2. The fourth-order valence-corrected chi connectivity index (χ4v) is 4.10. The van der Waals surface area contributed by atoms with Gasteiger partial charge in [0.15, 0.2) is 0 Å². The molecule has 32 heavy (non-hydrogen) atoms. The lowest BCUT2D eigenvalue weighted by molar-refractivity contribution is 0.100. The van der Waals surface area contributed by atoms with Crippen molar-refractivity contribution in [1.29, 1.82) is 0 Å². The zero-order valence-electron chi connectivity index (χ0n) is 17.4. The summed E-state index contributed by atoms with van der Waals surface area (Å²) in [4.78, 5) is 12.3. The van der Waals surface area contributed by atoms with E-state index in [0.717, 1.165) is 22.6 Å². The van der Waals surface area contributed by atoms with E-state index < -0.39 is 5.91 Å². The quantitative estimate of drug-likeness (QED) is 0.415. The van der Waals surface area contributed by atoms with Crippen LogP contribution in [0.1, 0.15) is 21.8 Å². The molecule has 7 nitrogen and oxygen atoms in total. The second-order valence-corrected chi connectivity index (χ2v) is 7.76. The smallest absolute Gasteiger partial charge is 0.254 e. The number of carbonyl (C=O) groups is 1. The molecule has 160 valence electrons. The molecule has 1 unspecified atom stereocenters. The second-order valence-electron chi connectivity index (χ2n) is 7.76. The lowest BCUT2D eigenvalue weighted by atomic mass is 9.96. The molecular weight excluding hydrogens is 402 g/mol. The number of nitrogens with one attached hydrogen (secondary N) is 1. The molecule has 7 heteroatoms. The molecule has 0 aliphatic carbocycles. The highest BCUT2D eigenvalue weighted by atomic mass is 16.5. The van der Waals surface area contributed by atoms with Gasteiger partial charge in [0.1, 0.15) is 28.6 Å². The van der Waals surface area contributed by atoms with Crippen molar-refractivity contribution in [2.24, 2.45) is 5.73 Å². The van der Waals surface area contributed by atoms with Crippen molar-refractivity contribution in [2.75, 3.05) is 17.6 Å². The van der Waals surface area contributed by atoms with Crippen LogP contribution in [-0.2, 0) is 6.54 Å². The minimum Gasteiger partial charge on any atom is -0.457 e. The predicted molar refractivity (Wildman–Crippen MR) is 125 cm³/mol. The SMILES string of the molecule is NC(=O)c1c(-c2ccc(Oc3ccccc3)cc2)nn2c1NCC(c1ccccc1N)C2. The highest BCUT2D eigenvalue weighted by Crippen LogP contribution is 2.35. The van der Waals surface area contributed by atoms with Crippen molar-refractivity contribution in [3.8, 4) is 22.8 Å². The average molecular weight is 425 g/mol. The van der Waals surface area contributed by atoms with Gasteiger partial charge in [0.25, 0.3) is 5.91 Å². The lowest BCUT2D eigenvalue weighted by Crippen LogP contribution is -2.28. The van der Waals surface area contributed by atoms with Crippen LogP contribution in [0.25, 0.3) is 11.3 Å². The summed E-state index contributed by atoms with van der Waals surface area (Å²) in [6.45, 7) is 1.25. The van der Waals surface area contributed by atoms with Crippen LogP contribution >= 0.6 is 0 Å². The number of ether oxygens (including phenoxy) is 1. The summed E-state index contributed by atoms with van der Waals surface area (Å²) in [5, 5.41) is 8.07. The van der Waals surface area contributed by atoms with Gasteiger partial charge in [-0.1, -0.05) is 36.4 Å². The number of primary amides is 1. The summed E-state index contributed by atoms with van der Waals surface area (Å²) in [7, 11) is 0. The summed E-state index contributed by atoms with van der Waals surface area (Å²) in [6.07, 6.45) is 0. The number of aromatic nitrogens is 2. The molecule has 1 aromatic heterocycles. The predicted octanol–water partition coefficient (Wildman–Crippen LogP) is 4.23. The van der Waals surface area contributed by atoms with E-state index in [1.807, 2.05) is 83.5 Å². The third-order valence-corrected chi connectivity index (χ3v) is 5.65. The number of nitrogens with zero attached hydrogens (tertiary/aromatic N) is 2. The standard InChI is InChI=1S/C25H23N5O2/c26-21-9-5-4-8-20(21)17-14-28-25-22(24(27)31)23(29-30(25)15-17)16-10-12-19(13-11-16)32-18-6-2-1-3-7-18/h1-13,17,28H,14-15,26H2,(H2,27,31). The third-order valence-electron chi connectivity index (χ3n) is 5.65. The molecule has 0 radical (unpaired) electrons. The number of carbonyl (C=O) groups excluding carboxylic acids is 1. The topological polar surface area (TPSA) is 108 Å². The monoisotopic (exact) mass is 425 g/mol. The van der Waals surface area contributed by atoms with Crippen LogP contribution in [0.5, 0.6) is 11.5 Å². The van der Waals surface area contributed by atoms with E-state index in [9.17, 15) is 4.79 Å². The maximum absolute atomic E-state index is 12.3. The molecule has 1 aliphatic heterocycles. The van der Waals surface area contributed by atoms with Gasteiger partial charge in [0.05, 0.1) is 6.54 Å². The van der Waals surface area contributed by atoms with Gasteiger partial charge in [0, 0.05) is 23.7 Å². The number of fused-ring (bicyclic) bond motifs is 1. The number of benzene rings is 3. The Hall–Kier alpha value is -4.26. The molecule has 0 spiro atoms. The van der Waals surface area contributed by atoms with E-state index in [2.05, 4.69) is 5.32 Å². The fraction of sp³-hybridized carbons (Fsp3) is 0.120. The number of nitrogens with two attached hydrogens (primary N) is 2. The van der Waals surface area contributed by atoms with Gasteiger partial charge in [-0.15, -0.1) is 0 Å². The molecule has 1 atom stereocenters. The first kappa shape index (κ1) is 19.7. The first-order chi connectivity index (χ1) is 15.6. The lowest BCUT2D eigenvalue weighted by Gasteiger charge is -2.26. The molecule has 4 aromatic rings. The molecule has 5 N–H and O–H groups in total. The Morgan fingerprint density at radius 2 is 1.66 bits per heavy atom. The summed E-state index contributed by atoms with van der Waals surface area (Å²) in [5.74, 6) is 1.71. The van der Waals surface area contributed by atoms with Crippen LogP contribution in [-0.4, -0.2) is 22.2 Å². The highest BCUT2D eigenvalue weighted by molar-refractivity contribution is 6.03. The third kappa shape index (κ3) is 3.65. The zero-order chi connectivity index (χ0) is 22.1. The van der Waals surface area contributed by atoms with Gasteiger partial charge in [0.2, 0.25) is 0 Å². The molecule has 5 rings (SSSR count). The van der Waals surface area contributed by atoms with E-state index >= 15 is 0 Å². The van der Waals surface area contributed by atoms with Gasteiger partial charge in [-0.3, -0.25) is 4.79 Å². The molecular formula is C25H23N5O2. The molecule has 0 saturated heterocycles. The van der Waals surface area contributed by atoms with Gasteiger partial charge in [-0.2, -0.15) is 5.10 Å². The second kappa shape index (κ2) is 8.11. The van der Waals surface area contributed by atoms with E-state index in [1.54, 1.807) is 0 Å². The Kier molecular flexibility index (Phi) is 4.99. The number of amides is 1. The van der Waals surface area contributed by atoms with Crippen LogP contribution in [0.4, 0.5) is 11.5 Å². The molecule has 0 bridgehead atoms. The minimum atomic E-state index is -0.518. The van der Waals surface area contributed by atoms with Gasteiger partial charge >= 0.3 is 0 Å². The van der Waals surface area contributed by atoms with Crippen molar-refractivity contribution in [2.45, 2.75) is 12.5 Å². The van der Waals surface area contributed by atoms with Crippen molar-refractivity contribution < 1.29 is 9.53 Å². The maximum atomic E-state index is 12.3. The van der Waals surface area contributed by atoms with Crippen LogP contribution in [0.15, 0.2) is 78.9 Å². The summed E-state index contributed by atoms with van der Waals surface area (Å²) in [6, 6.07) is 24.8. The van der Waals surface area contributed by atoms with Gasteiger partial charge in [-0.25, -0.2) is 4.68 Å². The number of anilines is 2. The van der Waals surface area contributed by atoms with Crippen molar-refractivity contribution >= 4 is 17.4 Å².